The van der Waals surface area contributed by atoms with E-state index in [4.69, 9.17) is 0 Å². The molecule has 0 fully saturated rings. The highest BCUT2D eigenvalue weighted by Gasteiger charge is 2.20. The summed E-state index contributed by atoms with van der Waals surface area (Å²) in [6.45, 7) is 14.2. The summed E-state index contributed by atoms with van der Waals surface area (Å²) >= 11 is 0. The summed E-state index contributed by atoms with van der Waals surface area (Å²) < 4.78 is 0. The van der Waals surface area contributed by atoms with E-state index in [0.29, 0.717) is 0 Å². The maximum absolute atomic E-state index is 2.41. The van der Waals surface area contributed by atoms with Crippen LogP contribution < -0.4 is 0 Å². The Morgan fingerprint density at radius 3 is 1.69 bits per heavy atom. The van der Waals surface area contributed by atoms with Crippen LogP contribution >= 0.6 is 0 Å². The lowest BCUT2D eigenvalue weighted by Gasteiger charge is -2.29. The summed E-state index contributed by atoms with van der Waals surface area (Å²) in [4.78, 5) is 0. The van der Waals surface area contributed by atoms with E-state index in [1.807, 2.05) is 0 Å². The molecule has 13 heavy (non-hydrogen) atoms. The minimum absolute atomic E-state index is 0.851. The molecule has 0 nitrogen and oxygen atoms in total. The molecule has 0 aliphatic rings. The molecule has 0 aliphatic carbocycles. The quantitative estimate of drug-likeness (QED) is 0.559. The summed E-state index contributed by atoms with van der Waals surface area (Å²) in [5.41, 5.74) is 0. The molecule has 0 saturated heterocycles. The minimum Gasteiger partial charge on any atom is -0.0651 e. The van der Waals surface area contributed by atoms with Crippen LogP contribution in [0.25, 0.3) is 0 Å². The Hall–Kier alpha value is 0. The highest BCUT2D eigenvalue weighted by molar-refractivity contribution is 4.71. The molecular formula is C13H28. The number of hydrogen-bond donors (Lipinski definition) is 0. The molecule has 3 atom stereocenters. The number of hydrogen-bond acceptors (Lipinski definition) is 0. The van der Waals surface area contributed by atoms with Crippen LogP contribution in [0.15, 0.2) is 0 Å². The van der Waals surface area contributed by atoms with Crippen molar-refractivity contribution in [1.82, 2.24) is 0 Å². The van der Waals surface area contributed by atoms with Crippen LogP contribution in [0.5, 0.6) is 0 Å². The first kappa shape index (κ1) is 13.0. The van der Waals surface area contributed by atoms with Crippen LogP contribution in [0.3, 0.4) is 0 Å². The van der Waals surface area contributed by atoms with Gasteiger partial charge in [-0.25, -0.2) is 0 Å². The highest BCUT2D eigenvalue weighted by Crippen LogP contribution is 2.30. The summed E-state index contributed by atoms with van der Waals surface area (Å²) in [6, 6.07) is 0. The van der Waals surface area contributed by atoms with Gasteiger partial charge in [0.25, 0.3) is 0 Å². The molecule has 0 heteroatoms. The second kappa shape index (κ2) is 6.45. The normalized spacial score (nSPS) is 18.7. The van der Waals surface area contributed by atoms with Crippen LogP contribution in [-0.2, 0) is 0 Å². The molecule has 0 aromatic heterocycles. The zero-order chi connectivity index (χ0) is 10.4. The molecule has 0 spiro atoms. The van der Waals surface area contributed by atoms with Gasteiger partial charge in [-0.3, -0.25) is 0 Å². The molecule has 0 aromatic carbocycles. The van der Waals surface area contributed by atoms with Crippen molar-refractivity contribution in [3.8, 4) is 0 Å². The minimum atomic E-state index is 0.851. The molecule has 3 unspecified atom stereocenters. The van der Waals surface area contributed by atoms with Gasteiger partial charge in [-0.05, 0) is 30.1 Å². The maximum Gasteiger partial charge on any atom is -0.0363 e. The zero-order valence-electron chi connectivity index (χ0n) is 10.4. The fraction of sp³-hybridized carbons (Fsp3) is 1.00. The molecule has 0 amide bonds. The van der Waals surface area contributed by atoms with Gasteiger partial charge < -0.3 is 0 Å². The molecule has 0 aliphatic heterocycles. The topological polar surface area (TPSA) is 0 Å². The van der Waals surface area contributed by atoms with Gasteiger partial charge in [0.05, 0.1) is 0 Å². The van der Waals surface area contributed by atoms with Crippen LogP contribution in [0.1, 0.15) is 60.8 Å². The van der Waals surface area contributed by atoms with Gasteiger partial charge in [0.2, 0.25) is 0 Å². The van der Waals surface area contributed by atoms with Crippen molar-refractivity contribution in [3.63, 3.8) is 0 Å². The molecule has 0 saturated carbocycles. The van der Waals surface area contributed by atoms with Crippen molar-refractivity contribution in [1.29, 1.82) is 0 Å². The lowest BCUT2D eigenvalue weighted by atomic mass is 9.77. The lowest BCUT2D eigenvalue weighted by Crippen LogP contribution is -2.20. The van der Waals surface area contributed by atoms with Gasteiger partial charge in [0.15, 0.2) is 0 Å². The van der Waals surface area contributed by atoms with Crippen molar-refractivity contribution in [2.45, 2.75) is 60.8 Å². The van der Waals surface area contributed by atoms with E-state index in [-0.39, 0.29) is 0 Å². The molecule has 0 N–H and O–H groups in total. The monoisotopic (exact) mass is 184 g/mol. The Morgan fingerprint density at radius 1 is 0.846 bits per heavy atom. The van der Waals surface area contributed by atoms with Gasteiger partial charge >= 0.3 is 0 Å². The molecule has 0 heterocycles. The van der Waals surface area contributed by atoms with E-state index < -0.39 is 0 Å². The molecule has 0 bridgehead atoms. The third-order valence-electron chi connectivity index (χ3n) is 3.60. The van der Waals surface area contributed by atoms with Crippen LogP contribution in [0, 0.1) is 23.7 Å². The van der Waals surface area contributed by atoms with Crippen molar-refractivity contribution >= 4 is 0 Å². The molecular weight excluding hydrogens is 156 g/mol. The van der Waals surface area contributed by atoms with Crippen LogP contribution in [0.4, 0.5) is 0 Å². The van der Waals surface area contributed by atoms with Gasteiger partial charge in [-0.1, -0.05) is 54.4 Å². The van der Waals surface area contributed by atoms with E-state index in [1.54, 1.807) is 0 Å². The first-order valence-corrected chi connectivity index (χ1v) is 6.02. The summed E-state index contributed by atoms with van der Waals surface area (Å²) in [5.74, 6) is 3.58. The summed E-state index contributed by atoms with van der Waals surface area (Å²) in [6.07, 6.45) is 4.09. The first-order valence-electron chi connectivity index (χ1n) is 6.02. The fourth-order valence-electron chi connectivity index (χ4n) is 2.10. The summed E-state index contributed by atoms with van der Waals surface area (Å²) in [5, 5.41) is 0. The predicted molar refractivity (Wildman–Crippen MR) is 61.9 cm³/mol. The SMILES string of the molecule is CCC(C)CC(C(C)C)C(C)CC. The van der Waals surface area contributed by atoms with Gasteiger partial charge in [-0.15, -0.1) is 0 Å². The smallest absolute Gasteiger partial charge is 0.0363 e. The molecule has 0 aromatic rings. The van der Waals surface area contributed by atoms with Crippen molar-refractivity contribution in [2.75, 3.05) is 0 Å². The van der Waals surface area contributed by atoms with Gasteiger partial charge in [-0.2, -0.15) is 0 Å². The molecule has 0 radical (unpaired) electrons. The first-order chi connectivity index (χ1) is 6.02. The fourth-order valence-corrected chi connectivity index (χ4v) is 2.10. The Balaban J connectivity index is 4.09. The third kappa shape index (κ3) is 4.69. The molecule has 80 valence electrons. The Labute approximate surface area is 85.1 Å². The van der Waals surface area contributed by atoms with Crippen molar-refractivity contribution in [2.24, 2.45) is 23.7 Å². The second-order valence-corrected chi connectivity index (χ2v) is 5.04. The van der Waals surface area contributed by atoms with Crippen LogP contribution in [0.2, 0.25) is 0 Å². The Bertz CT molecular complexity index is 115. The van der Waals surface area contributed by atoms with Gasteiger partial charge in [0, 0.05) is 0 Å². The Kier molecular flexibility index (Phi) is 6.45. The highest BCUT2D eigenvalue weighted by atomic mass is 14.3. The largest absolute Gasteiger partial charge is 0.0651 e. The zero-order valence-corrected chi connectivity index (χ0v) is 10.4. The summed E-state index contributed by atoms with van der Waals surface area (Å²) in [7, 11) is 0. The van der Waals surface area contributed by atoms with E-state index in [9.17, 15) is 0 Å². The average molecular weight is 184 g/mol. The van der Waals surface area contributed by atoms with Crippen molar-refractivity contribution in [3.05, 3.63) is 0 Å². The lowest BCUT2D eigenvalue weighted by molar-refractivity contribution is 0.214. The number of rotatable bonds is 6. The van der Waals surface area contributed by atoms with E-state index in [2.05, 4.69) is 41.5 Å². The third-order valence-corrected chi connectivity index (χ3v) is 3.60. The maximum atomic E-state index is 2.41. The predicted octanol–water partition coefficient (Wildman–Crippen LogP) is 4.74. The van der Waals surface area contributed by atoms with Gasteiger partial charge in [0.1, 0.15) is 0 Å². The van der Waals surface area contributed by atoms with E-state index in [0.717, 1.165) is 23.7 Å². The Morgan fingerprint density at radius 2 is 1.38 bits per heavy atom. The second-order valence-electron chi connectivity index (χ2n) is 5.04. The standard InChI is InChI=1S/C13H28/c1-7-11(5)9-13(10(3)4)12(6)8-2/h10-13H,7-9H2,1-6H3. The van der Waals surface area contributed by atoms with E-state index in [1.165, 1.54) is 19.3 Å². The average Bonchev–Trinajstić information content (AvgIpc) is 2.11. The molecule has 0 rings (SSSR count). The van der Waals surface area contributed by atoms with Crippen molar-refractivity contribution < 1.29 is 0 Å². The van der Waals surface area contributed by atoms with Crippen LogP contribution in [-0.4, -0.2) is 0 Å². The van der Waals surface area contributed by atoms with E-state index >= 15 is 0 Å².